The first-order valence-corrected chi connectivity index (χ1v) is 36.1. The van der Waals surface area contributed by atoms with Crippen molar-refractivity contribution in [2.75, 3.05) is 6.61 Å². The Bertz CT molecular complexity index is 1360. The smallest absolute Gasteiger partial charge is 0.220 e. The van der Waals surface area contributed by atoms with Crippen molar-refractivity contribution < 1.29 is 15.0 Å². The zero-order chi connectivity index (χ0) is 57.6. The monoisotopic (exact) mass is 1120 g/mol. The Morgan fingerprint density at radius 1 is 0.312 bits per heavy atom. The lowest BCUT2D eigenvalue weighted by atomic mass is 10.0. The van der Waals surface area contributed by atoms with Crippen LogP contribution in [-0.2, 0) is 4.79 Å². The van der Waals surface area contributed by atoms with Gasteiger partial charge in [0, 0.05) is 6.42 Å². The van der Waals surface area contributed by atoms with Crippen LogP contribution in [-0.4, -0.2) is 34.9 Å². The van der Waals surface area contributed by atoms with E-state index in [1.165, 1.54) is 295 Å². The fourth-order valence-electron chi connectivity index (χ4n) is 11.3. The highest BCUT2D eigenvalue weighted by molar-refractivity contribution is 5.76. The predicted molar refractivity (Wildman–Crippen MR) is 359 cm³/mol. The molecule has 4 heteroatoms. The molecule has 3 N–H and O–H groups in total. The van der Waals surface area contributed by atoms with Gasteiger partial charge in [0.15, 0.2) is 0 Å². The van der Waals surface area contributed by atoms with Gasteiger partial charge in [-0.25, -0.2) is 0 Å². The second kappa shape index (κ2) is 71.1. The molecule has 0 fully saturated rings. The molecule has 0 aliphatic rings. The minimum Gasteiger partial charge on any atom is -0.394 e. The number of unbranched alkanes of at least 4 members (excludes halogenated alkanes) is 48. The topological polar surface area (TPSA) is 69.6 Å². The van der Waals surface area contributed by atoms with Crippen LogP contribution in [0, 0.1) is 0 Å². The summed E-state index contributed by atoms with van der Waals surface area (Å²) < 4.78 is 0. The van der Waals surface area contributed by atoms with Gasteiger partial charge < -0.3 is 15.5 Å². The van der Waals surface area contributed by atoms with E-state index in [0.717, 1.165) is 64.2 Å². The molecule has 0 radical (unpaired) electrons. The third-order valence-corrected chi connectivity index (χ3v) is 16.7. The lowest BCUT2D eigenvalue weighted by Gasteiger charge is -2.22. The number of hydrogen-bond acceptors (Lipinski definition) is 3. The maximum Gasteiger partial charge on any atom is 0.220 e. The Morgan fingerprint density at radius 3 is 0.825 bits per heavy atom. The van der Waals surface area contributed by atoms with Crippen molar-refractivity contribution in [1.82, 2.24) is 5.32 Å². The Hall–Kier alpha value is -2.17. The van der Waals surface area contributed by atoms with E-state index < -0.39 is 12.1 Å². The first kappa shape index (κ1) is 77.8. The third kappa shape index (κ3) is 66.6. The second-order valence-electron chi connectivity index (χ2n) is 24.6. The van der Waals surface area contributed by atoms with E-state index >= 15 is 0 Å². The van der Waals surface area contributed by atoms with Crippen LogP contribution in [0.25, 0.3) is 0 Å². The van der Waals surface area contributed by atoms with Gasteiger partial charge in [-0.1, -0.05) is 389 Å². The van der Waals surface area contributed by atoms with Crippen LogP contribution >= 0.6 is 0 Å². The molecule has 0 spiro atoms. The van der Waals surface area contributed by atoms with Gasteiger partial charge in [0.2, 0.25) is 5.91 Å². The lowest BCUT2D eigenvalue weighted by molar-refractivity contribution is -0.123. The molecule has 2 atom stereocenters. The molecule has 4 nitrogen and oxygen atoms in total. The number of allylic oxidation sites excluding steroid dienone is 12. The van der Waals surface area contributed by atoms with Gasteiger partial charge in [-0.2, -0.15) is 0 Å². The van der Waals surface area contributed by atoms with Crippen LogP contribution in [0.4, 0.5) is 0 Å². The Labute approximate surface area is 501 Å². The Morgan fingerprint density at radius 2 is 0.550 bits per heavy atom. The molecule has 0 heterocycles. The van der Waals surface area contributed by atoms with Crippen LogP contribution in [0.3, 0.4) is 0 Å². The number of nitrogens with one attached hydrogen (secondary N) is 1. The van der Waals surface area contributed by atoms with Crippen LogP contribution in [0.2, 0.25) is 0 Å². The highest BCUT2D eigenvalue weighted by Crippen LogP contribution is 2.19. The van der Waals surface area contributed by atoms with Crippen LogP contribution in [0.1, 0.15) is 386 Å². The van der Waals surface area contributed by atoms with E-state index in [0.29, 0.717) is 12.8 Å². The van der Waals surface area contributed by atoms with Crippen molar-refractivity contribution in [2.24, 2.45) is 0 Å². The average molecular weight is 1120 g/mol. The van der Waals surface area contributed by atoms with E-state index in [2.05, 4.69) is 92.1 Å². The van der Waals surface area contributed by atoms with E-state index in [-0.39, 0.29) is 12.5 Å². The van der Waals surface area contributed by atoms with Gasteiger partial charge in [0.05, 0.1) is 18.8 Å². The number of carbonyl (C=O) groups is 1. The number of aliphatic hydroxyl groups is 2. The number of rotatable bonds is 67. The van der Waals surface area contributed by atoms with Gasteiger partial charge in [0.25, 0.3) is 0 Å². The highest BCUT2D eigenvalue weighted by atomic mass is 16.3. The zero-order valence-electron chi connectivity index (χ0n) is 54.1. The van der Waals surface area contributed by atoms with Gasteiger partial charge in [-0.05, 0) is 64.2 Å². The summed E-state index contributed by atoms with van der Waals surface area (Å²) in [6.45, 7) is 4.28. The molecule has 0 saturated carbocycles. The number of aliphatic hydroxyl groups excluding tert-OH is 2. The molecule has 0 aliphatic heterocycles. The molecule has 0 aromatic heterocycles. The maximum atomic E-state index is 12.6. The third-order valence-electron chi connectivity index (χ3n) is 16.7. The van der Waals surface area contributed by atoms with E-state index in [1.807, 2.05) is 0 Å². The van der Waals surface area contributed by atoms with Gasteiger partial charge in [-0.3, -0.25) is 4.79 Å². The van der Waals surface area contributed by atoms with Crippen molar-refractivity contribution in [3.63, 3.8) is 0 Å². The fraction of sp³-hybridized carbons (Fsp3) is 0.829. The quantitative estimate of drug-likeness (QED) is 0.0420. The summed E-state index contributed by atoms with van der Waals surface area (Å²) in [7, 11) is 0. The minimum absolute atomic E-state index is 0.0267. The second-order valence-corrected chi connectivity index (χ2v) is 24.6. The molecule has 0 rings (SSSR count). The molecule has 0 aromatic carbocycles. The predicted octanol–water partition coefficient (Wildman–Crippen LogP) is 24.8. The summed E-state index contributed by atoms with van der Waals surface area (Å²) in [6.07, 6.45) is 103. The first-order valence-electron chi connectivity index (χ1n) is 36.1. The van der Waals surface area contributed by atoms with Gasteiger partial charge >= 0.3 is 0 Å². The SMILES string of the molecule is CC/C=C\C/C=C\C/C=C\C/C=C\C/C=C\C/C=C\CCCCCCCCCCCCCCCCCCC(=O)NC(CO)C(O)CCCCCCCCCCCCCCCCCCCCCCCCCCCCCCCCCCC. The normalized spacial score (nSPS) is 13.1. The standard InChI is InChI=1S/C76H141NO3/c1-3-5-7-9-11-13-15-17-19-21-23-25-27-29-31-33-35-37-38-40-42-44-46-48-50-52-54-56-58-60-62-64-66-68-70-72-76(80)77-74(73-78)75(79)71-69-67-65-63-61-59-57-55-53-51-49-47-45-43-41-39-36-34-32-30-28-26-24-22-20-18-16-14-12-10-8-6-4-2/h5,7,11,13,17,19,23,25,29,31,35,37,74-75,78-79H,3-4,6,8-10,12,14-16,18,20-22,24,26-28,30,32-34,36,38-73H2,1-2H3,(H,77,80)/b7-5-,13-11-,19-17-,25-23-,31-29-,37-35-. The van der Waals surface area contributed by atoms with Crippen molar-refractivity contribution in [3.8, 4) is 0 Å². The largest absolute Gasteiger partial charge is 0.394 e. The highest BCUT2D eigenvalue weighted by Gasteiger charge is 2.20. The molecular formula is C76H141NO3. The summed E-state index contributed by atoms with van der Waals surface area (Å²) in [6, 6.07) is -0.541. The molecule has 0 saturated heterocycles. The van der Waals surface area contributed by atoms with Crippen LogP contribution in [0.15, 0.2) is 72.9 Å². The average Bonchev–Trinajstić information content (AvgIpc) is 3.46. The minimum atomic E-state index is -0.664. The Kier molecular flexibility index (Phi) is 69.2. The Balaban J connectivity index is 3.42. The van der Waals surface area contributed by atoms with E-state index in [4.69, 9.17) is 0 Å². The molecule has 0 aromatic rings. The van der Waals surface area contributed by atoms with Crippen molar-refractivity contribution in [3.05, 3.63) is 72.9 Å². The van der Waals surface area contributed by atoms with E-state index in [1.54, 1.807) is 0 Å². The summed E-state index contributed by atoms with van der Waals surface area (Å²) in [5, 5.41) is 23.5. The van der Waals surface area contributed by atoms with Gasteiger partial charge in [0.1, 0.15) is 0 Å². The van der Waals surface area contributed by atoms with Crippen molar-refractivity contribution >= 4 is 5.91 Å². The number of amides is 1. The number of hydrogen-bond donors (Lipinski definition) is 3. The van der Waals surface area contributed by atoms with E-state index in [9.17, 15) is 15.0 Å². The molecular weight excluding hydrogens is 975 g/mol. The summed E-state index contributed by atoms with van der Waals surface area (Å²) in [5.74, 6) is -0.0267. The summed E-state index contributed by atoms with van der Waals surface area (Å²) in [4.78, 5) is 12.6. The summed E-state index contributed by atoms with van der Waals surface area (Å²) in [5.41, 5.74) is 0. The first-order chi connectivity index (χ1) is 39.7. The summed E-state index contributed by atoms with van der Waals surface area (Å²) >= 11 is 0. The lowest BCUT2D eigenvalue weighted by Crippen LogP contribution is -2.45. The fourth-order valence-corrected chi connectivity index (χ4v) is 11.3. The van der Waals surface area contributed by atoms with Crippen LogP contribution < -0.4 is 5.32 Å². The van der Waals surface area contributed by atoms with Crippen LogP contribution in [0.5, 0.6) is 0 Å². The number of carbonyl (C=O) groups excluding carboxylic acids is 1. The van der Waals surface area contributed by atoms with Gasteiger partial charge in [-0.15, -0.1) is 0 Å². The maximum absolute atomic E-state index is 12.6. The van der Waals surface area contributed by atoms with Crippen molar-refractivity contribution in [1.29, 1.82) is 0 Å². The molecule has 2 unspecified atom stereocenters. The zero-order valence-corrected chi connectivity index (χ0v) is 54.1. The van der Waals surface area contributed by atoms with Crippen molar-refractivity contribution in [2.45, 2.75) is 398 Å². The molecule has 468 valence electrons. The molecule has 0 bridgehead atoms. The molecule has 1 amide bonds. The molecule has 0 aliphatic carbocycles. The molecule has 80 heavy (non-hydrogen) atoms.